The number of nitriles is 1. The lowest BCUT2D eigenvalue weighted by atomic mass is 9.54. The second-order valence-corrected chi connectivity index (χ2v) is 16.0. The van der Waals surface area contributed by atoms with Crippen LogP contribution in [-0.2, 0) is 5.41 Å². The Hall–Kier alpha value is -5.18. The Balaban J connectivity index is 1.04. The molecule has 2 unspecified atom stereocenters. The minimum Gasteiger partial charge on any atom is -0.208 e. The first-order chi connectivity index (χ1) is 24.4. The van der Waals surface area contributed by atoms with E-state index in [1.54, 1.807) is 17.7 Å². The van der Waals surface area contributed by atoms with Gasteiger partial charge in [0.05, 0.1) is 11.6 Å². The molecule has 244 valence electrons. The van der Waals surface area contributed by atoms with Crippen LogP contribution in [0.4, 0.5) is 0 Å². The molecule has 5 heteroatoms. The average Bonchev–Trinajstić information content (AvgIpc) is 3.52. The van der Waals surface area contributed by atoms with Gasteiger partial charge >= 0.3 is 0 Å². The van der Waals surface area contributed by atoms with E-state index in [0.717, 1.165) is 40.0 Å². The molecule has 2 aliphatic rings. The number of hydrogen-bond acceptors (Lipinski definition) is 5. The molecule has 0 amide bonds. The first kappa shape index (κ1) is 30.8. The van der Waals surface area contributed by atoms with E-state index in [4.69, 9.17) is 15.0 Å². The van der Waals surface area contributed by atoms with Gasteiger partial charge in [0.25, 0.3) is 0 Å². The molecule has 2 bridgehead atoms. The van der Waals surface area contributed by atoms with Crippen molar-refractivity contribution in [1.29, 1.82) is 5.26 Å². The van der Waals surface area contributed by atoms with Gasteiger partial charge in [-0.1, -0.05) is 92.7 Å². The van der Waals surface area contributed by atoms with Crippen molar-refractivity contribution >= 4 is 31.5 Å². The standard InChI is InChI=1S/C45H38N4S/c1-28-20-31-21-29(2)25-45(24-28,26-31)37-17-19-39-38-18-16-36(22-40(38)50-41(39)23-37)32-12-14-35(15-13-32)44-48-42(33-6-4-3-5-7-33)47-43(49-44)34-10-8-30(27-46)9-11-34/h3-19,22-23,28-29,31H,20-21,24-26H2,1-2H3/t28-,29+,31?,45?. The summed E-state index contributed by atoms with van der Waals surface area (Å²) in [7, 11) is 0. The topological polar surface area (TPSA) is 62.5 Å². The summed E-state index contributed by atoms with van der Waals surface area (Å²) in [5.41, 5.74) is 7.59. The van der Waals surface area contributed by atoms with Gasteiger partial charge in [-0.05, 0) is 108 Å². The summed E-state index contributed by atoms with van der Waals surface area (Å²) in [5, 5.41) is 12.0. The number of thiophene rings is 1. The fourth-order valence-electron chi connectivity index (χ4n) is 9.20. The maximum atomic E-state index is 9.28. The number of benzene rings is 5. The normalized spacial score (nSPS) is 21.7. The summed E-state index contributed by atoms with van der Waals surface area (Å²) >= 11 is 1.93. The Morgan fingerprint density at radius 1 is 0.580 bits per heavy atom. The second kappa shape index (κ2) is 12.3. The summed E-state index contributed by atoms with van der Waals surface area (Å²) in [6, 6.07) is 42.4. The summed E-state index contributed by atoms with van der Waals surface area (Å²) in [6.45, 7) is 4.95. The molecule has 7 aromatic rings. The van der Waals surface area contributed by atoms with Crippen LogP contribution in [0.5, 0.6) is 0 Å². The zero-order valence-corrected chi connectivity index (χ0v) is 29.3. The minimum atomic E-state index is 0.348. The Morgan fingerprint density at radius 3 is 1.72 bits per heavy atom. The number of rotatable bonds is 5. The third kappa shape index (κ3) is 5.58. The molecule has 2 aromatic heterocycles. The van der Waals surface area contributed by atoms with Crippen molar-refractivity contribution in [3.63, 3.8) is 0 Å². The highest BCUT2D eigenvalue weighted by Crippen LogP contribution is 2.54. The molecule has 2 heterocycles. The van der Waals surface area contributed by atoms with Gasteiger partial charge in [-0.25, -0.2) is 15.0 Å². The Labute approximate surface area is 297 Å². The second-order valence-electron chi connectivity index (χ2n) is 14.9. The van der Waals surface area contributed by atoms with Crippen molar-refractivity contribution in [1.82, 2.24) is 15.0 Å². The third-order valence-corrected chi connectivity index (χ3v) is 12.2. The lowest BCUT2D eigenvalue weighted by Gasteiger charge is -2.50. The monoisotopic (exact) mass is 666 g/mol. The van der Waals surface area contributed by atoms with Gasteiger partial charge in [0, 0.05) is 36.9 Å². The molecule has 2 aliphatic carbocycles. The Kier molecular flexibility index (Phi) is 7.59. The fraction of sp³-hybridized carbons (Fsp3) is 0.244. The highest BCUT2D eigenvalue weighted by atomic mass is 32.1. The summed E-state index contributed by atoms with van der Waals surface area (Å²) in [5.74, 6) is 4.33. The van der Waals surface area contributed by atoms with E-state index in [2.05, 4.69) is 80.6 Å². The van der Waals surface area contributed by atoms with E-state index in [1.165, 1.54) is 57.8 Å². The van der Waals surface area contributed by atoms with Gasteiger partial charge < -0.3 is 0 Å². The summed E-state index contributed by atoms with van der Waals surface area (Å²) in [4.78, 5) is 14.6. The van der Waals surface area contributed by atoms with Crippen LogP contribution >= 0.6 is 11.3 Å². The van der Waals surface area contributed by atoms with Crippen molar-refractivity contribution < 1.29 is 0 Å². The molecular formula is C45H38N4S. The van der Waals surface area contributed by atoms with Crippen molar-refractivity contribution in [2.45, 2.75) is 51.4 Å². The molecule has 9 rings (SSSR count). The number of hydrogen-bond donors (Lipinski definition) is 0. The van der Waals surface area contributed by atoms with Crippen LogP contribution in [0.1, 0.15) is 57.1 Å². The van der Waals surface area contributed by atoms with E-state index >= 15 is 0 Å². The van der Waals surface area contributed by atoms with Crippen LogP contribution in [-0.4, -0.2) is 15.0 Å². The lowest BCUT2D eigenvalue weighted by molar-refractivity contribution is 0.0781. The predicted molar refractivity (Wildman–Crippen MR) is 206 cm³/mol. The molecule has 5 aromatic carbocycles. The van der Waals surface area contributed by atoms with E-state index in [1.807, 2.05) is 53.8 Å². The van der Waals surface area contributed by atoms with Crippen molar-refractivity contribution in [3.05, 3.63) is 126 Å². The minimum absolute atomic E-state index is 0.348. The molecule has 0 spiro atoms. The van der Waals surface area contributed by atoms with E-state index < -0.39 is 0 Å². The van der Waals surface area contributed by atoms with Crippen molar-refractivity contribution in [3.8, 4) is 51.4 Å². The van der Waals surface area contributed by atoms with Gasteiger partial charge in [-0.3, -0.25) is 0 Å². The molecule has 0 radical (unpaired) electrons. The molecule has 50 heavy (non-hydrogen) atoms. The summed E-state index contributed by atoms with van der Waals surface area (Å²) < 4.78 is 2.75. The highest BCUT2D eigenvalue weighted by Gasteiger charge is 2.45. The van der Waals surface area contributed by atoms with Gasteiger partial charge in [0.15, 0.2) is 17.5 Å². The van der Waals surface area contributed by atoms with E-state index in [-0.39, 0.29) is 0 Å². The van der Waals surface area contributed by atoms with Gasteiger partial charge in [0.2, 0.25) is 0 Å². The Morgan fingerprint density at radius 2 is 1.10 bits per heavy atom. The van der Waals surface area contributed by atoms with E-state index in [9.17, 15) is 5.26 Å². The highest BCUT2D eigenvalue weighted by molar-refractivity contribution is 7.25. The summed E-state index contributed by atoms with van der Waals surface area (Å²) in [6.07, 6.45) is 6.85. The molecule has 2 fully saturated rings. The van der Waals surface area contributed by atoms with Crippen LogP contribution < -0.4 is 0 Å². The SMILES string of the molecule is C[C@@H]1CC2C[C@H](C)CC(c3ccc4c(c3)sc3cc(-c5ccc(-c6nc(-c7ccccc7)nc(-c7ccc(C#N)cc7)n6)cc5)ccc34)(C2)C1. The molecule has 0 aliphatic heterocycles. The quantitative estimate of drug-likeness (QED) is 0.183. The van der Waals surface area contributed by atoms with Crippen LogP contribution in [0.15, 0.2) is 115 Å². The number of fused-ring (bicyclic) bond motifs is 5. The van der Waals surface area contributed by atoms with Crippen molar-refractivity contribution in [2.75, 3.05) is 0 Å². The molecule has 2 saturated carbocycles. The largest absolute Gasteiger partial charge is 0.208 e. The van der Waals surface area contributed by atoms with Crippen LogP contribution in [0, 0.1) is 29.1 Å². The number of aromatic nitrogens is 3. The van der Waals surface area contributed by atoms with Gasteiger partial charge in [-0.2, -0.15) is 5.26 Å². The molecular weight excluding hydrogens is 629 g/mol. The van der Waals surface area contributed by atoms with Crippen LogP contribution in [0.25, 0.3) is 65.5 Å². The maximum Gasteiger partial charge on any atom is 0.164 e. The fourth-order valence-corrected chi connectivity index (χ4v) is 10.4. The first-order valence-electron chi connectivity index (χ1n) is 17.8. The van der Waals surface area contributed by atoms with Crippen LogP contribution in [0.2, 0.25) is 0 Å². The predicted octanol–water partition coefficient (Wildman–Crippen LogP) is 11.9. The Bertz CT molecular complexity index is 2380. The molecule has 4 atom stereocenters. The first-order valence-corrected chi connectivity index (χ1v) is 18.6. The van der Waals surface area contributed by atoms with Crippen molar-refractivity contribution in [2.24, 2.45) is 17.8 Å². The average molecular weight is 667 g/mol. The molecule has 4 nitrogen and oxygen atoms in total. The molecule has 0 N–H and O–H groups in total. The smallest absolute Gasteiger partial charge is 0.164 e. The third-order valence-electron chi connectivity index (χ3n) is 11.1. The van der Waals surface area contributed by atoms with E-state index in [0.29, 0.717) is 28.5 Å². The zero-order valence-electron chi connectivity index (χ0n) is 28.4. The van der Waals surface area contributed by atoms with Gasteiger partial charge in [-0.15, -0.1) is 11.3 Å². The maximum absolute atomic E-state index is 9.28. The van der Waals surface area contributed by atoms with Crippen LogP contribution in [0.3, 0.4) is 0 Å². The number of nitrogens with zero attached hydrogens (tertiary/aromatic N) is 4. The lowest BCUT2D eigenvalue weighted by Crippen LogP contribution is -2.42. The van der Waals surface area contributed by atoms with Gasteiger partial charge in [0.1, 0.15) is 0 Å². The molecule has 0 saturated heterocycles. The zero-order chi connectivity index (χ0) is 33.8.